The van der Waals surface area contributed by atoms with Crippen molar-refractivity contribution in [1.29, 1.82) is 0 Å². The molecule has 0 aliphatic carbocycles. The van der Waals surface area contributed by atoms with Gasteiger partial charge in [0.15, 0.2) is 11.5 Å². The largest absolute Gasteiger partial charge is 0.454 e. The summed E-state index contributed by atoms with van der Waals surface area (Å²) in [5.41, 5.74) is 7.73. The highest BCUT2D eigenvalue weighted by Gasteiger charge is 2.23. The van der Waals surface area contributed by atoms with Crippen LogP contribution in [0.2, 0.25) is 0 Å². The predicted octanol–water partition coefficient (Wildman–Crippen LogP) is 3.25. The van der Waals surface area contributed by atoms with Crippen LogP contribution in [0.4, 0.5) is 5.95 Å². The number of oxime groups is 1. The van der Waals surface area contributed by atoms with Crippen molar-refractivity contribution in [3.8, 4) is 11.5 Å². The number of nitrogen functional groups attached to an aromatic ring is 1. The highest BCUT2D eigenvalue weighted by molar-refractivity contribution is 7.20. The number of nitrogens with zero attached hydrogens (tertiary/aromatic N) is 4. The molecule has 1 amide bonds. The summed E-state index contributed by atoms with van der Waals surface area (Å²) in [7, 11) is 0. The second-order valence-electron chi connectivity index (χ2n) is 8.26. The Bertz CT molecular complexity index is 1240. The Hall–Kier alpha value is -3.44. The second kappa shape index (κ2) is 10.9. The molecule has 0 bridgehead atoms. The van der Waals surface area contributed by atoms with Crippen LogP contribution in [-0.4, -0.2) is 65.6 Å². The van der Waals surface area contributed by atoms with Gasteiger partial charge >= 0.3 is 0 Å². The molecule has 0 atom stereocenters. The molecule has 0 unspecified atom stereocenters. The number of carbonyl (C=O) groups is 1. The summed E-state index contributed by atoms with van der Waals surface area (Å²) in [5, 5.41) is 8.05. The van der Waals surface area contributed by atoms with Gasteiger partial charge in [0.05, 0.1) is 4.88 Å². The minimum atomic E-state index is -0.176. The first kappa shape index (κ1) is 24.7. The molecule has 1 aliphatic rings. The smallest absolute Gasteiger partial charge is 0.261 e. The minimum Gasteiger partial charge on any atom is -0.454 e. The molecule has 0 saturated carbocycles. The Labute approximate surface area is 208 Å². The molecule has 3 N–H and O–H groups in total. The molecule has 0 fully saturated rings. The minimum absolute atomic E-state index is 0.00768. The summed E-state index contributed by atoms with van der Waals surface area (Å²) in [6.45, 7) is 11.2. The lowest BCUT2D eigenvalue weighted by atomic mass is 10.0. The van der Waals surface area contributed by atoms with Crippen LogP contribution in [0, 0.1) is 0 Å². The summed E-state index contributed by atoms with van der Waals surface area (Å²) in [4.78, 5) is 30.6. The number of rotatable bonds is 10. The molecule has 3 heterocycles. The number of benzene rings is 1. The molecule has 0 radical (unpaired) electrons. The molecule has 1 aromatic carbocycles. The zero-order valence-electron chi connectivity index (χ0n) is 20.3. The van der Waals surface area contributed by atoms with Crippen LogP contribution in [0.5, 0.6) is 11.5 Å². The normalized spacial score (nSPS) is 13.1. The first-order valence-corrected chi connectivity index (χ1v) is 12.4. The Balaban J connectivity index is 1.76. The summed E-state index contributed by atoms with van der Waals surface area (Å²) >= 11 is 1.26. The first-order valence-electron chi connectivity index (χ1n) is 11.6. The Morgan fingerprint density at radius 2 is 2.00 bits per heavy atom. The van der Waals surface area contributed by atoms with Gasteiger partial charge in [0.25, 0.3) is 5.91 Å². The molecule has 2 aromatic heterocycles. The number of anilines is 1. The number of hydrogen-bond donors (Lipinski definition) is 2. The van der Waals surface area contributed by atoms with E-state index in [0.717, 1.165) is 25.2 Å². The zero-order valence-corrected chi connectivity index (χ0v) is 21.1. The van der Waals surface area contributed by atoms with E-state index < -0.39 is 0 Å². The second-order valence-corrected chi connectivity index (χ2v) is 9.29. The van der Waals surface area contributed by atoms with Crippen LogP contribution in [0.15, 0.2) is 29.4 Å². The SMILES string of the molecule is CCN(CC)CCON=C(c1ccc2c(c1)OCO2)c1nc(N)nc2sc(C(=O)NC(C)C)cc12. The van der Waals surface area contributed by atoms with E-state index in [9.17, 15) is 4.79 Å². The van der Waals surface area contributed by atoms with Crippen molar-refractivity contribution in [2.24, 2.45) is 5.16 Å². The Morgan fingerprint density at radius 1 is 1.23 bits per heavy atom. The van der Waals surface area contributed by atoms with E-state index in [-0.39, 0.29) is 24.7 Å². The maximum atomic E-state index is 12.7. The highest BCUT2D eigenvalue weighted by atomic mass is 32.1. The van der Waals surface area contributed by atoms with Gasteiger partial charge in [-0.1, -0.05) is 19.0 Å². The van der Waals surface area contributed by atoms with E-state index in [1.807, 2.05) is 32.0 Å². The van der Waals surface area contributed by atoms with Crippen LogP contribution in [0.25, 0.3) is 10.2 Å². The van der Waals surface area contributed by atoms with Crippen molar-refractivity contribution in [2.75, 3.05) is 38.8 Å². The fraction of sp³-hybridized carbons (Fsp3) is 0.417. The lowest BCUT2D eigenvalue weighted by Crippen LogP contribution is -2.29. The van der Waals surface area contributed by atoms with Crippen molar-refractivity contribution < 1.29 is 19.1 Å². The number of aromatic nitrogens is 2. The molecule has 10 nitrogen and oxygen atoms in total. The number of hydrogen-bond acceptors (Lipinski definition) is 10. The van der Waals surface area contributed by atoms with Crippen molar-refractivity contribution in [3.63, 3.8) is 0 Å². The van der Waals surface area contributed by atoms with Crippen molar-refractivity contribution >= 4 is 39.1 Å². The third-order valence-corrected chi connectivity index (χ3v) is 6.50. The number of nitrogens with two attached hydrogens (primary N) is 1. The van der Waals surface area contributed by atoms with Crippen molar-refractivity contribution in [3.05, 3.63) is 40.4 Å². The van der Waals surface area contributed by atoms with Crippen LogP contribution in [0.3, 0.4) is 0 Å². The number of thiophene rings is 1. The van der Waals surface area contributed by atoms with Gasteiger partial charge in [0.1, 0.15) is 22.8 Å². The van der Waals surface area contributed by atoms with Gasteiger partial charge in [-0.3, -0.25) is 4.79 Å². The van der Waals surface area contributed by atoms with Gasteiger partial charge < -0.3 is 30.3 Å². The van der Waals surface area contributed by atoms with E-state index in [0.29, 0.717) is 44.6 Å². The fourth-order valence-electron chi connectivity index (χ4n) is 3.66. The average molecular weight is 499 g/mol. The number of nitrogens with one attached hydrogen (secondary N) is 1. The summed E-state index contributed by atoms with van der Waals surface area (Å²) in [6, 6.07) is 7.29. The third kappa shape index (κ3) is 5.63. The Morgan fingerprint density at radius 3 is 2.74 bits per heavy atom. The number of amides is 1. The van der Waals surface area contributed by atoms with E-state index in [4.69, 9.17) is 20.0 Å². The maximum absolute atomic E-state index is 12.7. The summed E-state index contributed by atoms with van der Waals surface area (Å²) < 4.78 is 11.0. The lowest BCUT2D eigenvalue weighted by molar-refractivity contribution is 0.0947. The van der Waals surface area contributed by atoms with Gasteiger partial charge in [-0.25, -0.2) is 9.97 Å². The molecular weight excluding hydrogens is 468 g/mol. The quantitative estimate of drug-likeness (QED) is 0.248. The van der Waals surface area contributed by atoms with Gasteiger partial charge in [0, 0.05) is 23.5 Å². The Kier molecular flexibility index (Phi) is 7.67. The zero-order chi connectivity index (χ0) is 24.9. The van der Waals surface area contributed by atoms with Gasteiger partial charge in [-0.15, -0.1) is 11.3 Å². The van der Waals surface area contributed by atoms with Gasteiger partial charge in [0.2, 0.25) is 12.7 Å². The molecule has 35 heavy (non-hydrogen) atoms. The first-order chi connectivity index (χ1) is 16.9. The molecule has 0 saturated heterocycles. The topological polar surface area (TPSA) is 124 Å². The maximum Gasteiger partial charge on any atom is 0.261 e. The van der Waals surface area contributed by atoms with Crippen LogP contribution in [0.1, 0.15) is 48.6 Å². The van der Waals surface area contributed by atoms with Crippen molar-refractivity contribution in [1.82, 2.24) is 20.2 Å². The standard InChI is InChI=1S/C24H30N6O4S/c1-5-30(6-2)9-10-34-29-20(15-7-8-17-18(11-15)33-13-32-17)21-16-12-19(22(31)26-14(3)4)35-23(16)28-24(25)27-21/h7-8,11-12,14H,5-6,9-10,13H2,1-4H3,(H,26,31)(H2,25,27,28). The lowest BCUT2D eigenvalue weighted by Gasteiger charge is -2.16. The van der Waals surface area contributed by atoms with E-state index in [2.05, 4.69) is 39.2 Å². The van der Waals surface area contributed by atoms with Crippen LogP contribution < -0.4 is 20.5 Å². The van der Waals surface area contributed by atoms with Crippen LogP contribution in [-0.2, 0) is 4.84 Å². The van der Waals surface area contributed by atoms with E-state index >= 15 is 0 Å². The molecule has 186 valence electrons. The predicted molar refractivity (Wildman–Crippen MR) is 136 cm³/mol. The van der Waals surface area contributed by atoms with Crippen LogP contribution >= 0.6 is 11.3 Å². The molecular formula is C24H30N6O4S. The molecule has 3 aromatic rings. The van der Waals surface area contributed by atoms with Crippen molar-refractivity contribution in [2.45, 2.75) is 33.7 Å². The molecule has 1 aliphatic heterocycles. The number of ether oxygens (including phenoxy) is 2. The average Bonchev–Trinajstić information content (AvgIpc) is 3.47. The van der Waals surface area contributed by atoms with E-state index in [1.165, 1.54) is 11.3 Å². The highest BCUT2D eigenvalue weighted by Crippen LogP contribution is 2.34. The molecule has 11 heteroatoms. The third-order valence-electron chi connectivity index (χ3n) is 5.47. The van der Waals surface area contributed by atoms with E-state index in [1.54, 1.807) is 6.07 Å². The number of likely N-dealkylation sites (N-methyl/N-ethyl adjacent to an activating group) is 1. The molecule has 0 spiro atoms. The molecule has 4 rings (SSSR count). The summed E-state index contributed by atoms with van der Waals surface area (Å²) in [5.74, 6) is 1.18. The monoisotopic (exact) mass is 498 g/mol. The van der Waals surface area contributed by atoms with Gasteiger partial charge in [-0.2, -0.15) is 0 Å². The van der Waals surface area contributed by atoms with Gasteiger partial charge in [-0.05, 0) is 51.2 Å². The number of carbonyl (C=O) groups excluding carboxylic acids is 1. The fourth-order valence-corrected chi connectivity index (χ4v) is 4.60. The summed E-state index contributed by atoms with van der Waals surface area (Å²) in [6.07, 6.45) is 0. The number of fused-ring (bicyclic) bond motifs is 2.